The molecule has 1 aliphatic heterocycles. The Bertz CT molecular complexity index is 1440. The molecule has 1 amide bonds. The molecular formula is C24H22N6O4S. The van der Waals surface area contributed by atoms with Gasteiger partial charge in [0.2, 0.25) is 10.0 Å². The van der Waals surface area contributed by atoms with Crippen molar-refractivity contribution in [2.24, 2.45) is 0 Å². The van der Waals surface area contributed by atoms with Crippen LogP contribution in [0.3, 0.4) is 0 Å². The first kappa shape index (κ1) is 22.7. The van der Waals surface area contributed by atoms with Gasteiger partial charge in [-0.2, -0.15) is 8.99 Å². The van der Waals surface area contributed by atoms with E-state index in [0.29, 0.717) is 30.4 Å². The van der Waals surface area contributed by atoms with Crippen LogP contribution in [0.2, 0.25) is 0 Å². The number of tetrazole rings is 1. The number of rotatable bonds is 7. The van der Waals surface area contributed by atoms with Gasteiger partial charge in [0, 0.05) is 30.4 Å². The molecule has 11 heteroatoms. The molecule has 0 aliphatic carbocycles. The minimum atomic E-state index is -3.54. The van der Waals surface area contributed by atoms with E-state index in [9.17, 15) is 13.2 Å². The summed E-state index contributed by atoms with van der Waals surface area (Å²) in [5.74, 6) is 0.323. The Morgan fingerprint density at radius 2 is 1.71 bits per heavy atom. The van der Waals surface area contributed by atoms with Gasteiger partial charge < -0.3 is 9.73 Å². The summed E-state index contributed by atoms with van der Waals surface area (Å²) in [5.41, 5.74) is 1.28. The monoisotopic (exact) mass is 490 g/mol. The molecule has 1 saturated heterocycles. The van der Waals surface area contributed by atoms with E-state index in [2.05, 4.69) is 20.8 Å². The van der Waals surface area contributed by atoms with Crippen LogP contribution in [-0.4, -0.2) is 51.9 Å². The van der Waals surface area contributed by atoms with Crippen molar-refractivity contribution in [3.8, 4) is 11.4 Å². The van der Waals surface area contributed by atoms with Crippen molar-refractivity contribution in [1.29, 1.82) is 0 Å². The minimum Gasteiger partial charge on any atom is -0.465 e. The third-order valence-electron chi connectivity index (χ3n) is 5.60. The average molecular weight is 491 g/mol. The number of hydrogen-bond acceptors (Lipinski definition) is 7. The van der Waals surface area contributed by atoms with Crippen LogP contribution >= 0.6 is 0 Å². The summed E-state index contributed by atoms with van der Waals surface area (Å²) in [4.78, 5) is 13.5. The van der Waals surface area contributed by atoms with E-state index in [1.165, 1.54) is 33.5 Å². The normalized spacial score (nSPS) is 14.8. The van der Waals surface area contributed by atoms with Gasteiger partial charge in [-0.05, 0) is 59.7 Å². The second-order valence-electron chi connectivity index (χ2n) is 7.92. The lowest BCUT2D eigenvalue weighted by atomic mass is 10.2. The number of nitrogens with zero attached hydrogens (tertiary/aromatic N) is 5. The van der Waals surface area contributed by atoms with Crippen LogP contribution < -0.4 is 5.32 Å². The predicted molar refractivity (Wildman–Crippen MR) is 129 cm³/mol. The van der Waals surface area contributed by atoms with Crippen molar-refractivity contribution in [3.63, 3.8) is 0 Å². The molecule has 0 unspecified atom stereocenters. The van der Waals surface area contributed by atoms with E-state index in [1.54, 1.807) is 24.3 Å². The highest BCUT2D eigenvalue weighted by Gasteiger charge is 2.27. The summed E-state index contributed by atoms with van der Waals surface area (Å²) in [5, 5.41) is 14.7. The van der Waals surface area contributed by atoms with Crippen molar-refractivity contribution >= 4 is 33.4 Å². The molecule has 178 valence electrons. The first-order valence-corrected chi connectivity index (χ1v) is 12.5. The Kier molecular flexibility index (Phi) is 6.25. The number of anilines is 1. The molecule has 4 aromatic rings. The van der Waals surface area contributed by atoms with Crippen LogP contribution in [0, 0.1) is 0 Å². The number of furan rings is 1. The Hall–Kier alpha value is -4.09. The summed E-state index contributed by atoms with van der Waals surface area (Å²) in [6, 6.07) is 18.8. The molecule has 3 heterocycles. The molecule has 2 aromatic heterocycles. The first-order valence-electron chi connectivity index (χ1n) is 11.0. The van der Waals surface area contributed by atoms with Crippen molar-refractivity contribution in [2.75, 3.05) is 18.4 Å². The van der Waals surface area contributed by atoms with Crippen LogP contribution in [0.5, 0.6) is 0 Å². The first-order chi connectivity index (χ1) is 17.0. The number of aromatic nitrogens is 4. The van der Waals surface area contributed by atoms with E-state index in [1.807, 2.05) is 30.3 Å². The highest BCUT2D eigenvalue weighted by Crippen LogP contribution is 2.24. The van der Waals surface area contributed by atoms with Gasteiger partial charge in [-0.25, -0.2) is 8.42 Å². The zero-order valence-corrected chi connectivity index (χ0v) is 19.4. The van der Waals surface area contributed by atoms with E-state index in [4.69, 9.17) is 4.42 Å². The van der Waals surface area contributed by atoms with Crippen molar-refractivity contribution in [2.45, 2.75) is 17.7 Å². The van der Waals surface area contributed by atoms with Crippen LogP contribution in [-0.2, 0) is 14.8 Å². The van der Waals surface area contributed by atoms with Crippen LogP contribution in [0.1, 0.15) is 18.6 Å². The van der Waals surface area contributed by atoms with Gasteiger partial charge in [0.1, 0.15) is 11.5 Å². The fourth-order valence-electron chi connectivity index (χ4n) is 3.83. The standard InChI is InChI=1S/C24H22N6O4S/c31-24(25-19-10-12-21(13-11-19)35(32,33)29-14-4-5-15-29)22(17-20-9-6-16-34-20)30-23(26-27-28-30)18-7-2-1-3-8-18/h1-3,6-13,16-17H,4-5,14-15H2,(H,25,31)/b22-17-. The zero-order valence-electron chi connectivity index (χ0n) is 18.6. The highest BCUT2D eigenvalue weighted by molar-refractivity contribution is 7.89. The lowest BCUT2D eigenvalue weighted by molar-refractivity contribution is -0.111. The second kappa shape index (κ2) is 9.65. The maximum atomic E-state index is 13.3. The molecule has 0 radical (unpaired) electrons. The van der Waals surface area contributed by atoms with Gasteiger partial charge >= 0.3 is 0 Å². The van der Waals surface area contributed by atoms with Crippen molar-refractivity contribution in [3.05, 3.63) is 78.8 Å². The van der Waals surface area contributed by atoms with Gasteiger partial charge in [0.25, 0.3) is 5.91 Å². The molecule has 1 aliphatic rings. The second-order valence-corrected chi connectivity index (χ2v) is 9.85. The number of carbonyl (C=O) groups is 1. The van der Waals surface area contributed by atoms with Gasteiger partial charge in [-0.3, -0.25) is 4.79 Å². The smallest absolute Gasteiger partial charge is 0.274 e. The summed E-state index contributed by atoms with van der Waals surface area (Å²) in [7, 11) is -3.54. The lowest BCUT2D eigenvalue weighted by Gasteiger charge is -2.16. The fourth-order valence-corrected chi connectivity index (χ4v) is 5.35. The molecule has 2 aromatic carbocycles. The predicted octanol–water partition coefficient (Wildman–Crippen LogP) is 3.35. The average Bonchev–Trinajstić information content (AvgIpc) is 3.66. The summed E-state index contributed by atoms with van der Waals surface area (Å²) in [6.45, 7) is 1.05. The number of sulfonamides is 1. The van der Waals surface area contributed by atoms with Crippen LogP contribution in [0.25, 0.3) is 23.2 Å². The molecule has 0 atom stereocenters. The van der Waals surface area contributed by atoms with Gasteiger partial charge in [0.05, 0.1) is 11.2 Å². The number of amides is 1. The maximum absolute atomic E-state index is 13.3. The Balaban J connectivity index is 1.44. The number of nitrogens with one attached hydrogen (secondary N) is 1. The van der Waals surface area contributed by atoms with Crippen LogP contribution in [0.15, 0.2) is 82.3 Å². The van der Waals surface area contributed by atoms with E-state index >= 15 is 0 Å². The zero-order chi connectivity index (χ0) is 24.3. The number of benzene rings is 2. The largest absolute Gasteiger partial charge is 0.465 e. The lowest BCUT2D eigenvalue weighted by Crippen LogP contribution is -2.27. The van der Waals surface area contributed by atoms with Crippen LogP contribution in [0.4, 0.5) is 5.69 Å². The topological polar surface area (TPSA) is 123 Å². The Morgan fingerprint density at radius 3 is 2.40 bits per heavy atom. The third-order valence-corrected chi connectivity index (χ3v) is 7.51. The van der Waals surface area contributed by atoms with Gasteiger partial charge in [-0.1, -0.05) is 30.3 Å². The van der Waals surface area contributed by atoms with E-state index in [-0.39, 0.29) is 10.6 Å². The summed E-state index contributed by atoms with van der Waals surface area (Å²) >= 11 is 0. The molecular weight excluding hydrogens is 468 g/mol. The Labute approximate surface area is 201 Å². The molecule has 0 bridgehead atoms. The maximum Gasteiger partial charge on any atom is 0.274 e. The van der Waals surface area contributed by atoms with Gasteiger partial charge in [-0.15, -0.1) is 5.10 Å². The minimum absolute atomic E-state index is 0.123. The van der Waals surface area contributed by atoms with E-state index < -0.39 is 15.9 Å². The molecule has 1 N–H and O–H groups in total. The van der Waals surface area contributed by atoms with E-state index in [0.717, 1.165) is 18.4 Å². The highest BCUT2D eigenvalue weighted by atomic mass is 32.2. The van der Waals surface area contributed by atoms with Crippen molar-refractivity contribution < 1.29 is 17.6 Å². The molecule has 1 fully saturated rings. The van der Waals surface area contributed by atoms with Crippen molar-refractivity contribution in [1.82, 2.24) is 24.5 Å². The molecule has 0 saturated carbocycles. The molecule has 0 spiro atoms. The number of carbonyl (C=O) groups excluding carboxylic acids is 1. The molecule has 35 heavy (non-hydrogen) atoms. The quantitative estimate of drug-likeness (QED) is 0.394. The summed E-state index contributed by atoms with van der Waals surface area (Å²) < 4.78 is 33.8. The third kappa shape index (κ3) is 4.77. The summed E-state index contributed by atoms with van der Waals surface area (Å²) in [6.07, 6.45) is 4.75. The molecule has 5 rings (SSSR count). The van der Waals surface area contributed by atoms with Gasteiger partial charge in [0.15, 0.2) is 5.82 Å². The molecule has 10 nitrogen and oxygen atoms in total. The number of hydrogen-bond donors (Lipinski definition) is 1. The Morgan fingerprint density at radius 1 is 0.971 bits per heavy atom. The SMILES string of the molecule is O=C(Nc1ccc(S(=O)(=O)N2CCCC2)cc1)/C(=C/c1ccco1)n1nnnc1-c1ccccc1. The fraction of sp³-hybridized carbons (Fsp3) is 0.167.